The maximum atomic E-state index is 4.98. The summed E-state index contributed by atoms with van der Waals surface area (Å²) in [4.78, 5) is 4.32. The third-order valence-electron chi connectivity index (χ3n) is 2.67. The standard InChI is InChI=1S/C12H19N5OS/c1-9-7-10(2)17(15-9)6-4-5-13-12-14-11(8-18-3)16-19-12/h7H,4-6,8H2,1-3H3,(H,13,14,16). The van der Waals surface area contributed by atoms with E-state index < -0.39 is 0 Å². The van der Waals surface area contributed by atoms with Crippen molar-refractivity contribution in [3.8, 4) is 0 Å². The van der Waals surface area contributed by atoms with Crippen LogP contribution in [0.15, 0.2) is 6.07 Å². The summed E-state index contributed by atoms with van der Waals surface area (Å²) in [6.45, 7) is 6.33. The van der Waals surface area contributed by atoms with E-state index >= 15 is 0 Å². The van der Waals surface area contributed by atoms with Gasteiger partial charge in [-0.25, -0.2) is 4.98 Å². The molecule has 2 aromatic heterocycles. The molecule has 2 aromatic rings. The summed E-state index contributed by atoms with van der Waals surface area (Å²) in [7, 11) is 1.64. The summed E-state index contributed by atoms with van der Waals surface area (Å²) in [5, 5.41) is 8.55. The van der Waals surface area contributed by atoms with E-state index in [4.69, 9.17) is 4.74 Å². The number of aromatic nitrogens is 4. The third kappa shape index (κ3) is 4.00. The van der Waals surface area contributed by atoms with Gasteiger partial charge in [0, 0.05) is 37.4 Å². The van der Waals surface area contributed by atoms with Crippen LogP contribution in [-0.2, 0) is 17.9 Å². The molecule has 0 radical (unpaired) electrons. The van der Waals surface area contributed by atoms with Gasteiger partial charge in [-0.2, -0.15) is 9.47 Å². The van der Waals surface area contributed by atoms with E-state index in [0.29, 0.717) is 6.61 Å². The SMILES string of the molecule is COCc1nsc(NCCCn2nc(C)cc2C)n1. The van der Waals surface area contributed by atoms with E-state index in [2.05, 4.69) is 32.8 Å². The fourth-order valence-electron chi connectivity index (χ4n) is 1.84. The number of anilines is 1. The van der Waals surface area contributed by atoms with Crippen LogP contribution in [-0.4, -0.2) is 32.8 Å². The van der Waals surface area contributed by atoms with Crippen molar-refractivity contribution in [1.29, 1.82) is 0 Å². The predicted molar refractivity (Wildman–Crippen MR) is 75.4 cm³/mol. The van der Waals surface area contributed by atoms with Gasteiger partial charge in [0.1, 0.15) is 6.61 Å². The molecular formula is C12H19N5OS. The molecule has 6 nitrogen and oxygen atoms in total. The molecule has 104 valence electrons. The van der Waals surface area contributed by atoms with Crippen LogP contribution >= 0.6 is 11.5 Å². The smallest absolute Gasteiger partial charge is 0.202 e. The first-order chi connectivity index (χ1) is 9.19. The van der Waals surface area contributed by atoms with Crippen molar-refractivity contribution in [3.05, 3.63) is 23.3 Å². The average molecular weight is 281 g/mol. The zero-order chi connectivity index (χ0) is 13.7. The average Bonchev–Trinajstić information content (AvgIpc) is 2.93. The first-order valence-corrected chi connectivity index (χ1v) is 7.03. The van der Waals surface area contributed by atoms with Gasteiger partial charge in [-0.1, -0.05) is 0 Å². The Labute approximate surface area is 117 Å². The minimum Gasteiger partial charge on any atom is -0.377 e. The molecule has 0 aliphatic heterocycles. The van der Waals surface area contributed by atoms with Gasteiger partial charge in [0.05, 0.1) is 5.69 Å². The molecule has 0 aromatic carbocycles. The van der Waals surface area contributed by atoms with E-state index in [0.717, 1.165) is 36.2 Å². The van der Waals surface area contributed by atoms with Gasteiger partial charge in [0.25, 0.3) is 0 Å². The van der Waals surface area contributed by atoms with Gasteiger partial charge >= 0.3 is 0 Å². The molecule has 0 bridgehead atoms. The Balaban J connectivity index is 1.72. The van der Waals surface area contributed by atoms with Crippen molar-refractivity contribution >= 4 is 16.7 Å². The minimum atomic E-state index is 0.462. The molecule has 0 atom stereocenters. The fraction of sp³-hybridized carbons (Fsp3) is 0.583. The highest BCUT2D eigenvalue weighted by Crippen LogP contribution is 2.11. The number of hydrogen-bond acceptors (Lipinski definition) is 6. The zero-order valence-electron chi connectivity index (χ0n) is 11.5. The molecule has 0 aliphatic rings. The van der Waals surface area contributed by atoms with E-state index in [9.17, 15) is 0 Å². The monoisotopic (exact) mass is 281 g/mol. The molecule has 7 heteroatoms. The molecule has 2 heterocycles. The number of rotatable bonds is 7. The largest absolute Gasteiger partial charge is 0.377 e. The van der Waals surface area contributed by atoms with Crippen LogP contribution in [0.4, 0.5) is 5.13 Å². The summed E-state index contributed by atoms with van der Waals surface area (Å²) in [5.41, 5.74) is 2.27. The van der Waals surface area contributed by atoms with E-state index in [1.54, 1.807) is 7.11 Å². The van der Waals surface area contributed by atoms with Crippen LogP contribution < -0.4 is 5.32 Å². The lowest BCUT2D eigenvalue weighted by Crippen LogP contribution is -2.08. The highest BCUT2D eigenvalue weighted by molar-refractivity contribution is 7.09. The summed E-state index contributed by atoms with van der Waals surface area (Å²) in [6.07, 6.45) is 1.00. The van der Waals surface area contributed by atoms with Gasteiger partial charge in [-0.3, -0.25) is 4.68 Å². The van der Waals surface area contributed by atoms with Crippen molar-refractivity contribution in [1.82, 2.24) is 19.1 Å². The second-order valence-electron chi connectivity index (χ2n) is 4.38. The Morgan fingerprint density at radius 3 is 2.95 bits per heavy atom. The third-order valence-corrected chi connectivity index (χ3v) is 3.38. The Kier molecular flexibility index (Phi) is 4.86. The summed E-state index contributed by atoms with van der Waals surface area (Å²) < 4.78 is 11.2. The molecule has 19 heavy (non-hydrogen) atoms. The van der Waals surface area contributed by atoms with Crippen molar-refractivity contribution in [3.63, 3.8) is 0 Å². The van der Waals surface area contributed by atoms with Gasteiger partial charge < -0.3 is 10.1 Å². The maximum Gasteiger partial charge on any atom is 0.202 e. The first-order valence-electron chi connectivity index (χ1n) is 6.25. The molecule has 0 unspecified atom stereocenters. The molecule has 0 saturated carbocycles. The van der Waals surface area contributed by atoms with Crippen molar-refractivity contribution in [2.45, 2.75) is 33.4 Å². The normalized spacial score (nSPS) is 10.9. The highest BCUT2D eigenvalue weighted by atomic mass is 32.1. The van der Waals surface area contributed by atoms with Crippen LogP contribution in [0, 0.1) is 13.8 Å². The van der Waals surface area contributed by atoms with Gasteiger partial charge in [0.15, 0.2) is 5.82 Å². The summed E-state index contributed by atoms with van der Waals surface area (Å²) >= 11 is 1.37. The number of nitrogens with one attached hydrogen (secondary N) is 1. The maximum absolute atomic E-state index is 4.98. The van der Waals surface area contributed by atoms with Crippen molar-refractivity contribution in [2.24, 2.45) is 0 Å². The number of aryl methyl sites for hydroxylation is 3. The van der Waals surface area contributed by atoms with E-state index in [1.807, 2.05) is 11.6 Å². The molecule has 0 spiro atoms. The zero-order valence-corrected chi connectivity index (χ0v) is 12.3. The molecule has 0 aliphatic carbocycles. The molecule has 0 amide bonds. The van der Waals surface area contributed by atoms with E-state index in [-0.39, 0.29) is 0 Å². The first kappa shape index (κ1) is 14.0. The number of ether oxygens (including phenoxy) is 1. The highest BCUT2D eigenvalue weighted by Gasteiger charge is 2.03. The molecule has 0 saturated heterocycles. The second-order valence-corrected chi connectivity index (χ2v) is 5.13. The lowest BCUT2D eigenvalue weighted by atomic mass is 10.4. The number of nitrogens with zero attached hydrogens (tertiary/aromatic N) is 4. The van der Waals surface area contributed by atoms with E-state index in [1.165, 1.54) is 17.2 Å². The number of methoxy groups -OCH3 is 1. The van der Waals surface area contributed by atoms with Gasteiger partial charge in [0.2, 0.25) is 5.13 Å². The summed E-state index contributed by atoms with van der Waals surface area (Å²) in [6, 6.07) is 2.09. The Morgan fingerprint density at radius 1 is 1.42 bits per heavy atom. The lowest BCUT2D eigenvalue weighted by Gasteiger charge is -2.04. The van der Waals surface area contributed by atoms with Crippen LogP contribution in [0.5, 0.6) is 0 Å². The van der Waals surface area contributed by atoms with Gasteiger partial charge in [-0.15, -0.1) is 0 Å². The second kappa shape index (κ2) is 6.63. The quantitative estimate of drug-likeness (QED) is 0.786. The minimum absolute atomic E-state index is 0.462. The van der Waals surface area contributed by atoms with Crippen LogP contribution in [0.1, 0.15) is 23.6 Å². The predicted octanol–water partition coefficient (Wildman–Crippen LogP) is 2.00. The molecule has 1 N–H and O–H groups in total. The van der Waals surface area contributed by atoms with Gasteiger partial charge in [-0.05, 0) is 26.3 Å². The van der Waals surface area contributed by atoms with Crippen LogP contribution in [0.25, 0.3) is 0 Å². The van der Waals surface area contributed by atoms with Crippen molar-refractivity contribution in [2.75, 3.05) is 19.0 Å². The molecular weight excluding hydrogens is 262 g/mol. The number of hydrogen-bond donors (Lipinski definition) is 1. The lowest BCUT2D eigenvalue weighted by molar-refractivity contribution is 0.179. The molecule has 2 rings (SSSR count). The fourth-order valence-corrected chi connectivity index (χ4v) is 2.44. The Hall–Kier alpha value is -1.47. The van der Waals surface area contributed by atoms with Crippen LogP contribution in [0.2, 0.25) is 0 Å². The molecule has 0 fully saturated rings. The topological polar surface area (TPSA) is 64.9 Å². The van der Waals surface area contributed by atoms with Crippen molar-refractivity contribution < 1.29 is 4.74 Å². The summed E-state index contributed by atoms with van der Waals surface area (Å²) in [5.74, 6) is 0.730. The van der Waals surface area contributed by atoms with Crippen LogP contribution in [0.3, 0.4) is 0 Å². The Bertz CT molecular complexity index is 522. The Morgan fingerprint density at radius 2 is 2.26 bits per heavy atom.